The number of likely N-dealkylation sites (N-methyl/N-ethyl adjacent to an activating group) is 1. The van der Waals surface area contributed by atoms with Gasteiger partial charge in [0.15, 0.2) is 0 Å². The number of carbonyl (C=O) groups is 1. The lowest BCUT2D eigenvalue weighted by Gasteiger charge is -2.57. The number of benzene rings is 1. The minimum atomic E-state index is -4.62. The predicted molar refractivity (Wildman–Crippen MR) is 106 cm³/mol. The Labute approximate surface area is 170 Å². The van der Waals surface area contributed by atoms with Gasteiger partial charge < -0.3 is 5.32 Å². The Bertz CT molecular complexity index is 835. The first-order valence-corrected chi connectivity index (χ1v) is 11.8. The molecule has 4 aliphatic rings. The van der Waals surface area contributed by atoms with Crippen LogP contribution in [-0.4, -0.2) is 45.1 Å². The van der Waals surface area contributed by atoms with Gasteiger partial charge in [-0.1, -0.05) is 0 Å². The number of hydrogen-bond acceptors (Lipinski definition) is 4. The van der Waals surface area contributed by atoms with Crippen molar-refractivity contribution in [1.82, 2.24) is 4.90 Å². The fraction of sp³-hybridized carbons (Fsp3) is 0.667. The van der Waals surface area contributed by atoms with Crippen LogP contribution in [0.3, 0.4) is 0 Å². The molecule has 4 bridgehead atoms. The molecule has 0 radical (unpaired) electrons. The number of anilines is 1. The fourth-order valence-corrected chi connectivity index (χ4v) is 7.11. The van der Waals surface area contributed by atoms with E-state index in [0.29, 0.717) is 11.1 Å². The molecule has 5 rings (SSSR count). The average molecular weight is 427 g/mol. The third kappa shape index (κ3) is 4.33. The molecule has 1 amide bonds. The molecule has 4 saturated carbocycles. The molecule has 0 unspecified atom stereocenters. The highest BCUT2D eigenvalue weighted by molar-refractivity contribution is 7.91. The molecule has 29 heavy (non-hydrogen) atoms. The van der Waals surface area contributed by atoms with E-state index in [-0.39, 0.29) is 12.5 Å². The zero-order chi connectivity index (χ0) is 20.8. The zero-order valence-corrected chi connectivity index (χ0v) is 17.4. The van der Waals surface area contributed by atoms with Crippen molar-refractivity contribution in [2.45, 2.75) is 49.2 Å². The lowest BCUT2D eigenvalue weighted by atomic mass is 9.49. The van der Waals surface area contributed by atoms with Crippen LogP contribution in [0.5, 0.6) is 0 Å². The summed E-state index contributed by atoms with van der Waals surface area (Å²) >= 11 is 0. The van der Waals surface area contributed by atoms with E-state index in [4.69, 9.17) is 0 Å². The standard InChI is InChI=1S/C21H28F2N2O3S/c1-25(13-21-9-14-6-15(10-21)8-16(7-14)11-21)12-19(26)24-17-2-4-18(5-3-17)29(27,28)20(22)23/h2-5,14-16,20H,6-13H2,1H3,(H,24,26). The summed E-state index contributed by atoms with van der Waals surface area (Å²) in [6.45, 7) is 1.17. The van der Waals surface area contributed by atoms with Crippen molar-refractivity contribution in [2.75, 3.05) is 25.5 Å². The van der Waals surface area contributed by atoms with Gasteiger partial charge in [-0.25, -0.2) is 8.42 Å². The Morgan fingerprint density at radius 3 is 2.10 bits per heavy atom. The molecule has 160 valence electrons. The van der Waals surface area contributed by atoms with Crippen LogP contribution in [0.25, 0.3) is 0 Å². The summed E-state index contributed by atoms with van der Waals surface area (Å²) in [6, 6.07) is 4.87. The maximum Gasteiger partial charge on any atom is 0.341 e. The van der Waals surface area contributed by atoms with Crippen LogP contribution in [0.2, 0.25) is 0 Å². The average Bonchev–Trinajstić information content (AvgIpc) is 2.60. The van der Waals surface area contributed by atoms with E-state index < -0.39 is 20.5 Å². The van der Waals surface area contributed by atoms with Gasteiger partial charge in [0, 0.05) is 12.2 Å². The van der Waals surface area contributed by atoms with E-state index in [9.17, 15) is 22.0 Å². The number of alkyl halides is 2. The van der Waals surface area contributed by atoms with Gasteiger partial charge in [0.05, 0.1) is 11.4 Å². The number of nitrogens with zero attached hydrogens (tertiary/aromatic N) is 1. The van der Waals surface area contributed by atoms with Crippen LogP contribution in [0, 0.1) is 23.2 Å². The maximum atomic E-state index is 12.6. The molecule has 0 saturated heterocycles. The van der Waals surface area contributed by atoms with Gasteiger partial charge in [-0.05, 0) is 93.0 Å². The van der Waals surface area contributed by atoms with Crippen molar-refractivity contribution in [1.29, 1.82) is 0 Å². The van der Waals surface area contributed by atoms with Crippen molar-refractivity contribution in [3.05, 3.63) is 24.3 Å². The number of hydrogen-bond donors (Lipinski definition) is 1. The molecule has 0 aromatic heterocycles. The Morgan fingerprint density at radius 1 is 1.10 bits per heavy atom. The largest absolute Gasteiger partial charge is 0.341 e. The number of amides is 1. The lowest BCUT2D eigenvalue weighted by molar-refractivity contribution is -0.118. The van der Waals surface area contributed by atoms with Gasteiger partial charge in [0.1, 0.15) is 0 Å². The van der Waals surface area contributed by atoms with Crippen LogP contribution >= 0.6 is 0 Å². The van der Waals surface area contributed by atoms with Gasteiger partial charge in [0.25, 0.3) is 0 Å². The summed E-state index contributed by atoms with van der Waals surface area (Å²) in [6.07, 6.45) is 8.02. The summed E-state index contributed by atoms with van der Waals surface area (Å²) in [5.74, 6) is -1.05. The number of halogens is 2. The number of nitrogens with one attached hydrogen (secondary N) is 1. The number of carbonyl (C=O) groups excluding carboxylic acids is 1. The van der Waals surface area contributed by atoms with E-state index in [1.54, 1.807) is 0 Å². The van der Waals surface area contributed by atoms with Gasteiger partial charge in [-0.2, -0.15) is 8.78 Å². The fourth-order valence-electron chi connectivity index (χ4n) is 6.39. The minimum absolute atomic E-state index is 0.193. The molecule has 4 aliphatic carbocycles. The molecule has 0 heterocycles. The molecule has 1 aromatic rings. The maximum absolute atomic E-state index is 12.6. The summed E-state index contributed by atoms with van der Waals surface area (Å²) in [4.78, 5) is 14.0. The second kappa shape index (κ2) is 7.61. The van der Waals surface area contributed by atoms with Crippen molar-refractivity contribution < 1.29 is 22.0 Å². The van der Waals surface area contributed by atoms with Gasteiger partial charge in [-0.15, -0.1) is 0 Å². The smallest absolute Gasteiger partial charge is 0.325 e. The number of rotatable bonds is 7. The van der Waals surface area contributed by atoms with Crippen molar-refractivity contribution in [3.63, 3.8) is 0 Å². The highest BCUT2D eigenvalue weighted by Gasteiger charge is 2.51. The number of sulfone groups is 1. The van der Waals surface area contributed by atoms with Crippen LogP contribution in [0.4, 0.5) is 14.5 Å². The first-order valence-electron chi connectivity index (χ1n) is 10.3. The second-order valence-electron chi connectivity index (χ2n) is 9.47. The molecule has 1 aromatic carbocycles. The van der Waals surface area contributed by atoms with E-state index >= 15 is 0 Å². The van der Waals surface area contributed by atoms with E-state index in [2.05, 4.69) is 10.2 Å². The summed E-state index contributed by atoms with van der Waals surface area (Å²) < 4.78 is 48.1. The molecule has 4 fully saturated rings. The zero-order valence-electron chi connectivity index (χ0n) is 16.6. The van der Waals surface area contributed by atoms with Crippen molar-refractivity contribution >= 4 is 21.4 Å². The molecule has 0 spiro atoms. The second-order valence-corrected chi connectivity index (χ2v) is 11.4. The van der Waals surface area contributed by atoms with Crippen LogP contribution < -0.4 is 5.32 Å². The Balaban J connectivity index is 1.32. The van der Waals surface area contributed by atoms with Crippen molar-refractivity contribution in [3.8, 4) is 0 Å². The van der Waals surface area contributed by atoms with Gasteiger partial charge in [0.2, 0.25) is 15.7 Å². The molecule has 0 aliphatic heterocycles. The van der Waals surface area contributed by atoms with E-state index in [1.165, 1.54) is 50.7 Å². The summed E-state index contributed by atoms with van der Waals surface area (Å²) in [5.41, 5.74) is 0.751. The van der Waals surface area contributed by atoms with E-state index in [0.717, 1.165) is 36.4 Å². The highest BCUT2D eigenvalue weighted by atomic mass is 32.2. The van der Waals surface area contributed by atoms with Gasteiger partial charge in [-0.3, -0.25) is 9.69 Å². The third-order valence-corrected chi connectivity index (χ3v) is 8.28. The summed E-state index contributed by atoms with van der Waals surface area (Å²) in [5, 5.41) is 2.73. The first-order chi connectivity index (χ1) is 13.6. The molecule has 0 atom stereocenters. The Kier molecular flexibility index (Phi) is 5.44. The SMILES string of the molecule is CN(CC(=O)Nc1ccc(S(=O)(=O)C(F)F)cc1)CC12CC3CC(CC(C3)C1)C2. The molecule has 8 heteroatoms. The quantitative estimate of drug-likeness (QED) is 0.721. The molecule has 5 nitrogen and oxygen atoms in total. The minimum Gasteiger partial charge on any atom is -0.325 e. The normalized spacial score (nSPS) is 30.9. The lowest BCUT2D eigenvalue weighted by Crippen LogP contribution is -2.51. The topological polar surface area (TPSA) is 66.5 Å². The predicted octanol–water partition coefficient (Wildman–Crippen LogP) is 3.77. The van der Waals surface area contributed by atoms with Crippen LogP contribution in [-0.2, 0) is 14.6 Å². The first kappa shape index (κ1) is 20.7. The van der Waals surface area contributed by atoms with Crippen LogP contribution in [0.1, 0.15) is 38.5 Å². The molecular formula is C21H28F2N2O3S. The monoisotopic (exact) mass is 426 g/mol. The third-order valence-electron chi connectivity index (χ3n) is 6.89. The van der Waals surface area contributed by atoms with Gasteiger partial charge >= 0.3 is 5.76 Å². The van der Waals surface area contributed by atoms with E-state index in [1.807, 2.05) is 7.05 Å². The molecular weight excluding hydrogens is 398 g/mol. The summed E-state index contributed by atoms with van der Waals surface area (Å²) in [7, 11) is -2.65. The Hall–Kier alpha value is -1.54. The highest BCUT2D eigenvalue weighted by Crippen LogP contribution is 2.60. The van der Waals surface area contributed by atoms with Crippen molar-refractivity contribution in [2.24, 2.45) is 23.2 Å². The Morgan fingerprint density at radius 2 is 1.62 bits per heavy atom. The van der Waals surface area contributed by atoms with Crippen LogP contribution in [0.15, 0.2) is 29.2 Å². The molecule has 1 N–H and O–H groups in total.